The van der Waals surface area contributed by atoms with Crippen molar-refractivity contribution in [1.29, 1.82) is 0 Å². The Hall–Kier alpha value is -0.0800. The van der Waals surface area contributed by atoms with Gasteiger partial charge in [0.25, 0.3) is 0 Å². The van der Waals surface area contributed by atoms with E-state index in [0.717, 1.165) is 44.8 Å². The quantitative estimate of drug-likeness (QED) is 0.283. The fourth-order valence-corrected chi connectivity index (χ4v) is 1.61. The SMILES string of the molecule is CCOCCNC(=NC)N(C)CCOCC1CC1.I. The zero-order valence-electron chi connectivity index (χ0n) is 12.4. The second kappa shape index (κ2) is 11.7. The first-order valence-electron chi connectivity index (χ1n) is 6.85. The van der Waals surface area contributed by atoms with E-state index in [4.69, 9.17) is 9.47 Å². The average Bonchev–Trinajstić information content (AvgIpc) is 3.18. The van der Waals surface area contributed by atoms with E-state index in [9.17, 15) is 0 Å². The predicted octanol–water partition coefficient (Wildman–Crippen LogP) is 1.57. The van der Waals surface area contributed by atoms with Gasteiger partial charge in [-0.1, -0.05) is 0 Å². The smallest absolute Gasteiger partial charge is 0.193 e. The highest BCUT2D eigenvalue weighted by Crippen LogP contribution is 2.28. The van der Waals surface area contributed by atoms with Gasteiger partial charge in [-0.2, -0.15) is 0 Å². The maximum atomic E-state index is 5.62. The lowest BCUT2D eigenvalue weighted by molar-refractivity contribution is 0.114. The Bertz CT molecular complexity index is 248. The molecule has 0 aromatic rings. The lowest BCUT2D eigenvalue weighted by Gasteiger charge is -2.21. The fourth-order valence-electron chi connectivity index (χ4n) is 1.61. The molecule has 19 heavy (non-hydrogen) atoms. The topological polar surface area (TPSA) is 46.1 Å². The number of nitrogens with zero attached hydrogens (tertiary/aromatic N) is 2. The van der Waals surface area contributed by atoms with E-state index in [2.05, 4.69) is 15.2 Å². The Balaban J connectivity index is 0.00000324. The van der Waals surface area contributed by atoms with Crippen molar-refractivity contribution >= 4 is 29.9 Å². The molecule has 0 aromatic carbocycles. The third-order valence-electron chi connectivity index (χ3n) is 2.93. The van der Waals surface area contributed by atoms with Crippen LogP contribution in [0.15, 0.2) is 4.99 Å². The van der Waals surface area contributed by atoms with Gasteiger partial charge in [-0.25, -0.2) is 0 Å². The highest BCUT2D eigenvalue weighted by Gasteiger charge is 2.21. The van der Waals surface area contributed by atoms with Crippen molar-refractivity contribution in [2.45, 2.75) is 19.8 Å². The molecule has 0 spiro atoms. The molecular formula is C13H28IN3O2. The van der Waals surface area contributed by atoms with Crippen LogP contribution in [-0.2, 0) is 9.47 Å². The molecule has 1 N–H and O–H groups in total. The second-order valence-electron chi connectivity index (χ2n) is 4.61. The zero-order valence-corrected chi connectivity index (χ0v) is 14.7. The lowest BCUT2D eigenvalue weighted by atomic mass is 10.5. The molecule has 0 amide bonds. The molecule has 1 saturated carbocycles. The Morgan fingerprint density at radius 1 is 1.32 bits per heavy atom. The minimum absolute atomic E-state index is 0. The van der Waals surface area contributed by atoms with Crippen LogP contribution in [-0.4, -0.2) is 64.5 Å². The molecule has 0 unspecified atom stereocenters. The molecule has 0 radical (unpaired) electrons. The van der Waals surface area contributed by atoms with Crippen molar-refractivity contribution < 1.29 is 9.47 Å². The van der Waals surface area contributed by atoms with Crippen molar-refractivity contribution in [3.05, 3.63) is 0 Å². The number of hydrogen-bond acceptors (Lipinski definition) is 3. The molecule has 1 fully saturated rings. The molecule has 0 atom stereocenters. The minimum Gasteiger partial charge on any atom is -0.380 e. The van der Waals surface area contributed by atoms with Crippen LogP contribution in [0.25, 0.3) is 0 Å². The first-order valence-corrected chi connectivity index (χ1v) is 6.85. The van der Waals surface area contributed by atoms with Crippen LogP contribution in [0.1, 0.15) is 19.8 Å². The summed E-state index contributed by atoms with van der Waals surface area (Å²) in [6.07, 6.45) is 2.69. The highest BCUT2D eigenvalue weighted by molar-refractivity contribution is 14.0. The number of aliphatic imine (C=N–C) groups is 1. The van der Waals surface area contributed by atoms with Gasteiger partial charge >= 0.3 is 0 Å². The summed E-state index contributed by atoms with van der Waals surface area (Å²) >= 11 is 0. The maximum Gasteiger partial charge on any atom is 0.193 e. The molecule has 1 rings (SSSR count). The normalized spacial score (nSPS) is 15.0. The van der Waals surface area contributed by atoms with Gasteiger partial charge in [0.15, 0.2) is 5.96 Å². The van der Waals surface area contributed by atoms with E-state index in [1.165, 1.54) is 12.8 Å². The molecule has 1 aliphatic rings. The van der Waals surface area contributed by atoms with Crippen LogP contribution < -0.4 is 5.32 Å². The van der Waals surface area contributed by atoms with E-state index in [1.807, 2.05) is 14.0 Å². The van der Waals surface area contributed by atoms with Gasteiger partial charge in [-0.15, -0.1) is 24.0 Å². The van der Waals surface area contributed by atoms with Gasteiger partial charge in [-0.05, 0) is 25.7 Å². The van der Waals surface area contributed by atoms with Crippen LogP contribution >= 0.6 is 24.0 Å². The summed E-state index contributed by atoms with van der Waals surface area (Å²) < 4.78 is 10.9. The van der Waals surface area contributed by atoms with Crippen LogP contribution in [0.2, 0.25) is 0 Å². The summed E-state index contributed by atoms with van der Waals surface area (Å²) in [5.74, 6) is 1.73. The molecule has 0 aliphatic heterocycles. The Labute approximate surface area is 134 Å². The number of halogens is 1. The van der Waals surface area contributed by atoms with E-state index >= 15 is 0 Å². The Morgan fingerprint density at radius 2 is 2.05 bits per heavy atom. The van der Waals surface area contributed by atoms with Crippen molar-refractivity contribution in [3.8, 4) is 0 Å². The first kappa shape index (κ1) is 18.9. The Kier molecular flexibility index (Phi) is 11.7. The first-order chi connectivity index (χ1) is 8.77. The lowest BCUT2D eigenvalue weighted by Crippen LogP contribution is -2.41. The van der Waals surface area contributed by atoms with Crippen molar-refractivity contribution in [2.24, 2.45) is 10.9 Å². The van der Waals surface area contributed by atoms with Gasteiger partial charge in [0.1, 0.15) is 0 Å². The molecule has 1 aliphatic carbocycles. The molecule has 0 heterocycles. The van der Waals surface area contributed by atoms with E-state index in [1.54, 1.807) is 7.05 Å². The summed E-state index contributed by atoms with van der Waals surface area (Å²) in [5, 5.41) is 3.26. The van der Waals surface area contributed by atoms with Crippen molar-refractivity contribution in [2.75, 3.05) is 53.6 Å². The van der Waals surface area contributed by atoms with E-state index in [0.29, 0.717) is 6.61 Å². The third kappa shape index (κ3) is 9.45. The average molecular weight is 385 g/mol. The van der Waals surface area contributed by atoms with Crippen molar-refractivity contribution in [1.82, 2.24) is 10.2 Å². The Morgan fingerprint density at radius 3 is 2.63 bits per heavy atom. The molecule has 6 heteroatoms. The summed E-state index contributed by atoms with van der Waals surface area (Å²) in [5.41, 5.74) is 0. The number of guanidine groups is 1. The molecular weight excluding hydrogens is 357 g/mol. The van der Waals surface area contributed by atoms with Gasteiger partial charge in [0.05, 0.1) is 13.2 Å². The number of ether oxygens (including phenoxy) is 2. The van der Waals surface area contributed by atoms with Gasteiger partial charge < -0.3 is 19.7 Å². The monoisotopic (exact) mass is 385 g/mol. The number of rotatable bonds is 9. The van der Waals surface area contributed by atoms with Crippen molar-refractivity contribution in [3.63, 3.8) is 0 Å². The fraction of sp³-hybridized carbons (Fsp3) is 0.923. The molecule has 0 aromatic heterocycles. The second-order valence-corrected chi connectivity index (χ2v) is 4.61. The van der Waals surface area contributed by atoms with Gasteiger partial charge in [0.2, 0.25) is 0 Å². The third-order valence-corrected chi connectivity index (χ3v) is 2.93. The van der Waals surface area contributed by atoms with Crippen LogP contribution in [0.4, 0.5) is 0 Å². The van der Waals surface area contributed by atoms with Crippen LogP contribution in [0.5, 0.6) is 0 Å². The molecule has 0 saturated heterocycles. The van der Waals surface area contributed by atoms with E-state index < -0.39 is 0 Å². The molecule has 114 valence electrons. The maximum absolute atomic E-state index is 5.62. The van der Waals surface area contributed by atoms with Gasteiger partial charge in [0, 0.05) is 40.4 Å². The number of likely N-dealkylation sites (N-methyl/N-ethyl adjacent to an activating group) is 1. The summed E-state index contributed by atoms with van der Waals surface area (Å²) in [6, 6.07) is 0. The van der Waals surface area contributed by atoms with Crippen LogP contribution in [0.3, 0.4) is 0 Å². The number of hydrogen-bond donors (Lipinski definition) is 1. The van der Waals surface area contributed by atoms with Gasteiger partial charge in [-0.3, -0.25) is 4.99 Å². The van der Waals surface area contributed by atoms with E-state index in [-0.39, 0.29) is 24.0 Å². The summed E-state index contributed by atoms with van der Waals surface area (Å²) in [6.45, 7) is 6.79. The molecule has 5 nitrogen and oxygen atoms in total. The summed E-state index contributed by atoms with van der Waals surface area (Å²) in [4.78, 5) is 6.31. The molecule has 0 bridgehead atoms. The summed E-state index contributed by atoms with van der Waals surface area (Å²) in [7, 11) is 3.82. The minimum atomic E-state index is 0. The standard InChI is InChI=1S/C13H27N3O2.HI/c1-4-17-9-7-15-13(14-2)16(3)8-10-18-11-12-5-6-12;/h12H,4-11H2,1-3H3,(H,14,15);1H. The highest BCUT2D eigenvalue weighted by atomic mass is 127. The zero-order chi connectivity index (χ0) is 13.2. The predicted molar refractivity (Wildman–Crippen MR) is 89.4 cm³/mol. The number of nitrogens with one attached hydrogen (secondary N) is 1. The van der Waals surface area contributed by atoms with Crippen LogP contribution in [0, 0.1) is 5.92 Å². The largest absolute Gasteiger partial charge is 0.380 e.